The minimum atomic E-state index is -0.835. The molecule has 4 aromatic rings. The number of amides is 4. The van der Waals surface area contributed by atoms with Gasteiger partial charge in [0.15, 0.2) is 0 Å². The van der Waals surface area contributed by atoms with Crippen molar-refractivity contribution in [2.75, 3.05) is 4.90 Å². The summed E-state index contributed by atoms with van der Waals surface area (Å²) in [6.45, 7) is 0.605. The molecule has 0 aliphatic carbocycles. The number of benzene rings is 4. The first kappa shape index (κ1) is 29.8. The Morgan fingerprint density at radius 3 is 2.14 bits per heavy atom. The Labute approximate surface area is 268 Å². The number of carbonyl (C=O) groups excluding carboxylic acids is 3. The Kier molecular flexibility index (Phi) is 9.33. The van der Waals surface area contributed by atoms with Crippen LogP contribution in [0.25, 0.3) is 6.08 Å². The summed E-state index contributed by atoms with van der Waals surface area (Å²) >= 11 is 18.9. The average Bonchev–Trinajstić information content (AvgIpc) is 2.97. The van der Waals surface area contributed by atoms with Gasteiger partial charge in [-0.05, 0) is 99.4 Å². The Bertz CT molecular complexity index is 1710. The van der Waals surface area contributed by atoms with E-state index >= 15 is 0 Å². The molecule has 0 atom stereocenters. The lowest BCUT2D eigenvalue weighted by Gasteiger charge is -2.26. The molecule has 1 fully saturated rings. The number of barbiturate groups is 1. The first-order valence-electron chi connectivity index (χ1n) is 12.4. The Morgan fingerprint density at radius 2 is 1.45 bits per heavy atom. The first-order chi connectivity index (χ1) is 20.2. The molecule has 0 saturated carbocycles. The van der Waals surface area contributed by atoms with Crippen molar-refractivity contribution in [3.05, 3.63) is 126 Å². The van der Waals surface area contributed by atoms with Crippen molar-refractivity contribution in [2.45, 2.75) is 13.2 Å². The van der Waals surface area contributed by atoms with E-state index in [0.29, 0.717) is 43.9 Å². The van der Waals surface area contributed by atoms with Gasteiger partial charge in [0.25, 0.3) is 11.8 Å². The van der Waals surface area contributed by atoms with Crippen LogP contribution in [0.5, 0.6) is 11.5 Å². The third-order valence-corrected chi connectivity index (χ3v) is 8.05. The summed E-state index contributed by atoms with van der Waals surface area (Å²) < 4.78 is 13.3. The summed E-state index contributed by atoms with van der Waals surface area (Å²) in [6.07, 6.45) is 1.42. The van der Waals surface area contributed by atoms with Crippen LogP contribution in [0.2, 0.25) is 10.0 Å². The van der Waals surface area contributed by atoms with Gasteiger partial charge >= 0.3 is 6.03 Å². The highest BCUT2D eigenvalue weighted by Gasteiger charge is 2.36. The number of halogens is 4. The van der Waals surface area contributed by atoms with Gasteiger partial charge in [0.2, 0.25) is 0 Å². The van der Waals surface area contributed by atoms with Gasteiger partial charge in [0, 0.05) is 4.47 Å². The zero-order valence-corrected chi connectivity index (χ0v) is 26.3. The van der Waals surface area contributed by atoms with Crippen molar-refractivity contribution in [3.8, 4) is 11.5 Å². The highest BCUT2D eigenvalue weighted by Crippen LogP contribution is 2.30. The van der Waals surface area contributed by atoms with Gasteiger partial charge in [0.05, 0.1) is 20.2 Å². The number of hydrogen-bond acceptors (Lipinski definition) is 5. The third-order valence-electron chi connectivity index (χ3n) is 6.16. The van der Waals surface area contributed by atoms with E-state index in [0.717, 1.165) is 20.5 Å². The van der Waals surface area contributed by atoms with Crippen LogP contribution in [0.1, 0.15) is 16.7 Å². The highest BCUT2D eigenvalue weighted by atomic mass is 79.9. The molecular weight excluding hydrogens is 711 g/mol. The van der Waals surface area contributed by atoms with Crippen molar-refractivity contribution >= 4 is 84.7 Å². The molecule has 1 aliphatic heterocycles. The van der Waals surface area contributed by atoms with Crippen LogP contribution in [0.15, 0.2) is 99.4 Å². The van der Waals surface area contributed by atoms with E-state index in [9.17, 15) is 14.4 Å². The largest absolute Gasteiger partial charge is 0.489 e. The minimum Gasteiger partial charge on any atom is -0.489 e. The fraction of sp³-hybridized carbons (Fsp3) is 0.0645. The second-order valence-electron chi connectivity index (χ2n) is 9.09. The van der Waals surface area contributed by atoms with E-state index in [1.165, 1.54) is 6.08 Å². The van der Waals surface area contributed by atoms with E-state index in [2.05, 4.69) is 37.2 Å². The number of carbonyl (C=O) groups is 3. The van der Waals surface area contributed by atoms with Crippen LogP contribution in [0.3, 0.4) is 0 Å². The fourth-order valence-corrected chi connectivity index (χ4v) is 5.11. The maximum atomic E-state index is 13.3. The predicted octanol–water partition coefficient (Wildman–Crippen LogP) is 8.34. The normalized spacial score (nSPS) is 14.2. The van der Waals surface area contributed by atoms with Gasteiger partial charge in [-0.1, -0.05) is 63.4 Å². The fourth-order valence-electron chi connectivity index (χ4n) is 4.01. The van der Waals surface area contributed by atoms with E-state index < -0.39 is 17.8 Å². The Balaban J connectivity index is 1.28. The van der Waals surface area contributed by atoms with E-state index in [1.54, 1.807) is 54.6 Å². The summed E-state index contributed by atoms with van der Waals surface area (Å²) in [5.41, 5.74) is 2.47. The molecule has 212 valence electrons. The molecule has 42 heavy (non-hydrogen) atoms. The molecule has 4 amide bonds. The molecule has 1 N–H and O–H groups in total. The quantitative estimate of drug-likeness (QED) is 0.146. The molecule has 1 heterocycles. The van der Waals surface area contributed by atoms with E-state index in [4.69, 9.17) is 32.7 Å². The molecule has 1 aliphatic rings. The van der Waals surface area contributed by atoms with Crippen LogP contribution in [-0.4, -0.2) is 17.8 Å². The van der Waals surface area contributed by atoms with Crippen molar-refractivity contribution in [1.29, 1.82) is 0 Å². The molecule has 0 bridgehead atoms. The van der Waals surface area contributed by atoms with Crippen molar-refractivity contribution in [1.82, 2.24) is 5.32 Å². The maximum absolute atomic E-state index is 13.3. The summed E-state index contributed by atoms with van der Waals surface area (Å²) in [7, 11) is 0. The number of nitrogens with one attached hydrogen (secondary N) is 1. The molecule has 0 spiro atoms. The predicted molar refractivity (Wildman–Crippen MR) is 169 cm³/mol. The maximum Gasteiger partial charge on any atom is 0.335 e. The second-order valence-corrected chi connectivity index (χ2v) is 11.7. The van der Waals surface area contributed by atoms with Gasteiger partial charge in [-0.25, -0.2) is 9.69 Å². The molecule has 0 aromatic heterocycles. The number of imide groups is 2. The second kappa shape index (κ2) is 13.1. The van der Waals surface area contributed by atoms with E-state index in [1.807, 2.05) is 30.3 Å². The highest BCUT2D eigenvalue weighted by molar-refractivity contribution is 9.10. The Morgan fingerprint density at radius 1 is 0.762 bits per heavy atom. The summed E-state index contributed by atoms with van der Waals surface area (Å²) in [4.78, 5) is 39.5. The van der Waals surface area contributed by atoms with Crippen LogP contribution in [0.4, 0.5) is 10.5 Å². The van der Waals surface area contributed by atoms with Gasteiger partial charge in [-0.15, -0.1) is 0 Å². The van der Waals surface area contributed by atoms with Crippen molar-refractivity contribution in [3.63, 3.8) is 0 Å². The molecule has 0 unspecified atom stereocenters. The summed E-state index contributed by atoms with van der Waals surface area (Å²) in [5.74, 6) is -0.429. The van der Waals surface area contributed by atoms with Crippen LogP contribution in [-0.2, 0) is 22.8 Å². The number of nitrogens with zero attached hydrogens (tertiary/aromatic N) is 1. The number of ether oxygens (including phenoxy) is 2. The SMILES string of the molecule is O=C1NC(=O)N(c2ccc(OCc3ccc(Br)cc3)cc2)C(=O)/C1=C/c1ccc(OCc2ccc(Cl)c(Cl)c2)c(Br)c1. The number of urea groups is 1. The van der Waals surface area contributed by atoms with Crippen LogP contribution in [0, 0.1) is 0 Å². The van der Waals surface area contributed by atoms with Crippen LogP contribution < -0.4 is 19.7 Å². The Hall–Kier alpha value is -3.63. The minimum absolute atomic E-state index is 0.193. The average molecular weight is 731 g/mol. The summed E-state index contributed by atoms with van der Waals surface area (Å²) in [6, 6.07) is 23.7. The molecule has 4 aromatic carbocycles. The molecule has 5 rings (SSSR count). The summed E-state index contributed by atoms with van der Waals surface area (Å²) in [5, 5.41) is 3.13. The van der Waals surface area contributed by atoms with E-state index in [-0.39, 0.29) is 12.2 Å². The molecular formula is C31H20Br2Cl2N2O5. The lowest BCUT2D eigenvalue weighted by molar-refractivity contribution is -0.122. The van der Waals surface area contributed by atoms with Crippen LogP contribution >= 0.6 is 55.1 Å². The number of anilines is 1. The van der Waals surface area contributed by atoms with Crippen molar-refractivity contribution < 1.29 is 23.9 Å². The molecule has 0 radical (unpaired) electrons. The number of hydrogen-bond donors (Lipinski definition) is 1. The first-order valence-corrected chi connectivity index (χ1v) is 14.8. The zero-order valence-electron chi connectivity index (χ0n) is 21.6. The topological polar surface area (TPSA) is 84.9 Å². The molecule has 11 heteroatoms. The smallest absolute Gasteiger partial charge is 0.335 e. The van der Waals surface area contributed by atoms with Gasteiger partial charge in [0.1, 0.15) is 30.3 Å². The van der Waals surface area contributed by atoms with Gasteiger partial charge in [-0.2, -0.15) is 0 Å². The lowest BCUT2D eigenvalue weighted by atomic mass is 10.1. The number of rotatable bonds is 8. The lowest BCUT2D eigenvalue weighted by Crippen LogP contribution is -2.54. The molecule has 1 saturated heterocycles. The third kappa shape index (κ3) is 7.04. The van der Waals surface area contributed by atoms with Gasteiger partial charge < -0.3 is 9.47 Å². The standard InChI is InChI=1S/C31H20Br2Cl2N2O5/c32-21-5-1-18(2-6-21)16-41-23-9-7-22(8-10-23)37-30(39)24(29(38)36-31(37)40)13-19-4-12-28(25(33)14-19)42-17-20-3-11-26(34)27(35)15-20/h1-15H,16-17H2,(H,36,38,40)/b24-13+. The molecule has 7 nitrogen and oxygen atoms in total. The monoisotopic (exact) mass is 728 g/mol. The van der Waals surface area contributed by atoms with Crippen molar-refractivity contribution in [2.24, 2.45) is 0 Å². The van der Waals surface area contributed by atoms with Gasteiger partial charge in [-0.3, -0.25) is 14.9 Å². The zero-order chi connectivity index (χ0) is 29.8.